The Balaban J connectivity index is 2.11. The van der Waals surface area contributed by atoms with Crippen LogP contribution in [-0.4, -0.2) is 0 Å². The molecule has 0 aromatic heterocycles. The fourth-order valence-electron chi connectivity index (χ4n) is 1.77. The topological polar surface area (TPSA) is 12.0 Å². The van der Waals surface area contributed by atoms with Crippen molar-refractivity contribution in [2.45, 2.75) is 20.4 Å². The Bertz CT molecular complexity index is 564. The molecule has 2 rings (SSSR count). The summed E-state index contributed by atoms with van der Waals surface area (Å²) in [7, 11) is 0. The molecule has 94 valence electrons. The van der Waals surface area contributed by atoms with E-state index in [-0.39, 0.29) is 0 Å². The van der Waals surface area contributed by atoms with Crippen LogP contribution >= 0.6 is 31.9 Å². The Hall–Kier alpha value is -0.800. The minimum atomic E-state index is 0.830. The van der Waals surface area contributed by atoms with Crippen LogP contribution in [0, 0.1) is 13.8 Å². The summed E-state index contributed by atoms with van der Waals surface area (Å²) in [5, 5.41) is 3.48. The molecule has 1 N–H and O–H groups in total. The summed E-state index contributed by atoms with van der Waals surface area (Å²) < 4.78 is 2.17. The second-order valence-electron chi connectivity index (χ2n) is 4.42. The highest BCUT2D eigenvalue weighted by Crippen LogP contribution is 2.24. The van der Waals surface area contributed by atoms with E-state index >= 15 is 0 Å². The largest absolute Gasteiger partial charge is 0.381 e. The number of nitrogens with one attached hydrogen (secondary N) is 1. The third-order valence-corrected chi connectivity index (χ3v) is 4.74. The van der Waals surface area contributed by atoms with Gasteiger partial charge in [0.15, 0.2) is 0 Å². The van der Waals surface area contributed by atoms with Gasteiger partial charge in [-0.2, -0.15) is 0 Å². The lowest BCUT2D eigenvalue weighted by atomic mass is 10.1. The number of anilines is 1. The van der Waals surface area contributed by atoms with Gasteiger partial charge in [-0.1, -0.05) is 18.2 Å². The Labute approximate surface area is 125 Å². The molecule has 0 aliphatic carbocycles. The summed E-state index contributed by atoms with van der Waals surface area (Å²) in [5.74, 6) is 0. The zero-order chi connectivity index (χ0) is 13.1. The molecule has 0 spiro atoms. The van der Waals surface area contributed by atoms with Crippen molar-refractivity contribution in [1.82, 2.24) is 0 Å². The van der Waals surface area contributed by atoms with Crippen molar-refractivity contribution >= 4 is 37.5 Å². The molecule has 2 aromatic rings. The third-order valence-electron chi connectivity index (χ3n) is 2.86. The predicted molar refractivity (Wildman–Crippen MR) is 85.1 cm³/mol. The molecule has 2 aromatic carbocycles. The van der Waals surface area contributed by atoms with E-state index in [4.69, 9.17) is 0 Å². The smallest absolute Gasteiger partial charge is 0.0401 e. The summed E-state index contributed by atoms with van der Waals surface area (Å²) in [5.41, 5.74) is 5.01. The summed E-state index contributed by atoms with van der Waals surface area (Å²) >= 11 is 7.00. The van der Waals surface area contributed by atoms with Crippen molar-refractivity contribution in [3.05, 3.63) is 62.0 Å². The molecule has 1 nitrogen and oxygen atoms in total. The standard InChI is InChI=1S/C15H15Br2N/c1-10-3-4-11(2)15(7-10)18-9-12-5-6-13(16)14(17)8-12/h3-8,18H,9H2,1-2H3. The second-order valence-corrected chi connectivity index (χ2v) is 6.13. The van der Waals surface area contributed by atoms with Gasteiger partial charge in [0.05, 0.1) is 0 Å². The quantitative estimate of drug-likeness (QED) is 0.760. The molecule has 0 saturated heterocycles. The highest BCUT2D eigenvalue weighted by molar-refractivity contribution is 9.13. The Morgan fingerprint density at radius 1 is 0.944 bits per heavy atom. The highest BCUT2D eigenvalue weighted by atomic mass is 79.9. The first-order valence-electron chi connectivity index (χ1n) is 5.81. The van der Waals surface area contributed by atoms with Gasteiger partial charge in [0, 0.05) is 21.2 Å². The SMILES string of the molecule is Cc1ccc(C)c(NCc2ccc(Br)c(Br)c2)c1. The van der Waals surface area contributed by atoms with E-state index in [1.165, 1.54) is 22.4 Å². The van der Waals surface area contributed by atoms with Gasteiger partial charge in [0.2, 0.25) is 0 Å². The van der Waals surface area contributed by atoms with Crippen LogP contribution in [0.5, 0.6) is 0 Å². The van der Waals surface area contributed by atoms with E-state index in [1.807, 2.05) is 0 Å². The lowest BCUT2D eigenvalue weighted by Gasteiger charge is -2.11. The van der Waals surface area contributed by atoms with Gasteiger partial charge >= 0.3 is 0 Å². The lowest BCUT2D eigenvalue weighted by Crippen LogP contribution is -2.01. The molecule has 0 amide bonds. The summed E-state index contributed by atoms with van der Waals surface area (Å²) in [6.07, 6.45) is 0. The van der Waals surface area contributed by atoms with Gasteiger partial charge in [-0.15, -0.1) is 0 Å². The molecule has 0 radical (unpaired) electrons. The van der Waals surface area contributed by atoms with Crippen LogP contribution in [0.1, 0.15) is 16.7 Å². The van der Waals surface area contributed by atoms with Crippen LogP contribution in [-0.2, 0) is 6.54 Å². The van der Waals surface area contributed by atoms with Gasteiger partial charge in [0.25, 0.3) is 0 Å². The molecule has 0 fully saturated rings. The Kier molecular flexibility index (Phi) is 4.46. The maximum atomic E-state index is 3.52. The van der Waals surface area contributed by atoms with E-state index in [9.17, 15) is 0 Å². The molecule has 0 bridgehead atoms. The highest BCUT2D eigenvalue weighted by Gasteiger charge is 2.01. The van der Waals surface area contributed by atoms with Crippen molar-refractivity contribution in [2.75, 3.05) is 5.32 Å². The van der Waals surface area contributed by atoms with Gasteiger partial charge in [-0.25, -0.2) is 0 Å². The number of benzene rings is 2. The average molecular weight is 369 g/mol. The van der Waals surface area contributed by atoms with E-state index in [2.05, 4.69) is 87.4 Å². The molecular formula is C15H15Br2N. The fraction of sp³-hybridized carbons (Fsp3) is 0.200. The van der Waals surface area contributed by atoms with E-state index in [0.717, 1.165) is 15.5 Å². The Morgan fingerprint density at radius 3 is 2.44 bits per heavy atom. The number of halogens is 2. The first-order chi connectivity index (χ1) is 8.56. The predicted octanol–water partition coefficient (Wildman–Crippen LogP) is 5.44. The van der Waals surface area contributed by atoms with E-state index in [1.54, 1.807) is 0 Å². The number of hydrogen-bond acceptors (Lipinski definition) is 1. The fourth-order valence-corrected chi connectivity index (χ4v) is 2.45. The molecule has 18 heavy (non-hydrogen) atoms. The van der Waals surface area contributed by atoms with Gasteiger partial charge in [0.1, 0.15) is 0 Å². The molecule has 0 unspecified atom stereocenters. The van der Waals surface area contributed by atoms with E-state index < -0.39 is 0 Å². The molecule has 3 heteroatoms. The summed E-state index contributed by atoms with van der Waals surface area (Å²) in [6.45, 7) is 5.07. The number of hydrogen-bond donors (Lipinski definition) is 1. The molecule has 0 atom stereocenters. The minimum absolute atomic E-state index is 0.830. The monoisotopic (exact) mass is 367 g/mol. The van der Waals surface area contributed by atoms with Crippen molar-refractivity contribution in [3.8, 4) is 0 Å². The van der Waals surface area contributed by atoms with Gasteiger partial charge in [-0.3, -0.25) is 0 Å². The first-order valence-corrected chi connectivity index (χ1v) is 7.40. The van der Waals surface area contributed by atoms with E-state index in [0.29, 0.717) is 0 Å². The Morgan fingerprint density at radius 2 is 1.72 bits per heavy atom. The zero-order valence-electron chi connectivity index (χ0n) is 10.4. The van der Waals surface area contributed by atoms with Gasteiger partial charge < -0.3 is 5.32 Å². The minimum Gasteiger partial charge on any atom is -0.381 e. The van der Waals surface area contributed by atoms with Crippen LogP contribution < -0.4 is 5.32 Å². The molecule has 0 saturated carbocycles. The summed E-state index contributed by atoms with van der Waals surface area (Å²) in [6, 6.07) is 12.8. The van der Waals surface area contributed by atoms with Crippen molar-refractivity contribution in [3.63, 3.8) is 0 Å². The maximum absolute atomic E-state index is 3.52. The normalized spacial score (nSPS) is 10.4. The number of rotatable bonds is 3. The van der Waals surface area contributed by atoms with Crippen LogP contribution in [0.4, 0.5) is 5.69 Å². The zero-order valence-corrected chi connectivity index (χ0v) is 13.6. The average Bonchev–Trinajstić information content (AvgIpc) is 2.34. The van der Waals surface area contributed by atoms with Crippen molar-refractivity contribution < 1.29 is 0 Å². The summed E-state index contributed by atoms with van der Waals surface area (Å²) in [4.78, 5) is 0. The molecule has 0 aliphatic rings. The second kappa shape index (κ2) is 5.89. The third kappa shape index (κ3) is 3.36. The van der Waals surface area contributed by atoms with Crippen LogP contribution in [0.3, 0.4) is 0 Å². The van der Waals surface area contributed by atoms with Crippen molar-refractivity contribution in [2.24, 2.45) is 0 Å². The van der Waals surface area contributed by atoms with Gasteiger partial charge in [-0.05, 0) is 80.6 Å². The van der Waals surface area contributed by atoms with Crippen LogP contribution in [0.2, 0.25) is 0 Å². The molecule has 0 aliphatic heterocycles. The van der Waals surface area contributed by atoms with Crippen molar-refractivity contribution in [1.29, 1.82) is 0 Å². The van der Waals surface area contributed by atoms with Crippen LogP contribution in [0.15, 0.2) is 45.3 Å². The lowest BCUT2D eigenvalue weighted by molar-refractivity contribution is 1.13. The maximum Gasteiger partial charge on any atom is 0.0401 e. The number of aryl methyl sites for hydroxylation is 2. The molecule has 0 heterocycles. The first kappa shape index (κ1) is 13.6. The van der Waals surface area contributed by atoms with Crippen LogP contribution in [0.25, 0.3) is 0 Å². The molecular weight excluding hydrogens is 354 g/mol.